The topological polar surface area (TPSA) is 69.0 Å². The number of aromatic nitrogens is 3. The van der Waals surface area contributed by atoms with Gasteiger partial charge in [0.25, 0.3) is 0 Å². The van der Waals surface area contributed by atoms with Crippen LogP contribution in [0.1, 0.15) is 29.3 Å². The second kappa shape index (κ2) is 8.29. The molecule has 3 rings (SSSR count). The van der Waals surface area contributed by atoms with Crippen molar-refractivity contribution < 1.29 is 9.53 Å². The van der Waals surface area contributed by atoms with Crippen molar-refractivity contribution in [1.82, 2.24) is 20.1 Å². The lowest BCUT2D eigenvalue weighted by atomic mass is 9.99. The molecule has 0 aliphatic heterocycles. The first-order valence-corrected chi connectivity index (χ1v) is 8.49. The number of rotatable bonds is 7. The quantitative estimate of drug-likeness (QED) is 0.711. The summed E-state index contributed by atoms with van der Waals surface area (Å²) in [6, 6.07) is 13.2. The highest BCUT2D eigenvalue weighted by atomic mass is 16.5. The monoisotopic (exact) mass is 350 g/mol. The highest BCUT2D eigenvalue weighted by Gasteiger charge is 2.17. The van der Waals surface area contributed by atoms with Gasteiger partial charge in [0.05, 0.1) is 13.2 Å². The Kier molecular flexibility index (Phi) is 5.63. The van der Waals surface area contributed by atoms with E-state index in [-0.39, 0.29) is 11.9 Å². The van der Waals surface area contributed by atoms with Crippen molar-refractivity contribution in [1.29, 1.82) is 0 Å². The van der Waals surface area contributed by atoms with E-state index in [1.807, 2.05) is 54.1 Å². The van der Waals surface area contributed by atoms with Gasteiger partial charge in [-0.05, 0) is 48.4 Å². The maximum atomic E-state index is 12.5. The number of hydrogen-bond donors (Lipinski definition) is 1. The lowest BCUT2D eigenvalue weighted by Gasteiger charge is -2.20. The summed E-state index contributed by atoms with van der Waals surface area (Å²) in [7, 11) is 1.63. The van der Waals surface area contributed by atoms with Crippen LogP contribution in [0, 0.1) is 6.92 Å². The van der Waals surface area contributed by atoms with E-state index in [2.05, 4.69) is 15.4 Å². The Balaban J connectivity index is 1.75. The number of carbonyl (C=O) groups is 1. The van der Waals surface area contributed by atoms with Crippen LogP contribution in [0.25, 0.3) is 0 Å². The Bertz CT molecular complexity index is 844. The smallest absolute Gasteiger partial charge is 0.222 e. The molecule has 2 heterocycles. The van der Waals surface area contributed by atoms with Gasteiger partial charge in [-0.2, -0.15) is 5.10 Å². The molecule has 0 saturated heterocycles. The molecule has 6 nitrogen and oxygen atoms in total. The Morgan fingerprint density at radius 2 is 1.77 bits per heavy atom. The Hall–Kier alpha value is -3.15. The number of ether oxygens (including phenoxy) is 1. The first-order chi connectivity index (χ1) is 12.7. The van der Waals surface area contributed by atoms with E-state index in [1.165, 1.54) is 0 Å². The Morgan fingerprint density at radius 1 is 1.08 bits per heavy atom. The van der Waals surface area contributed by atoms with Crippen molar-refractivity contribution in [3.05, 3.63) is 77.9 Å². The molecule has 0 spiro atoms. The maximum Gasteiger partial charge on any atom is 0.222 e. The number of amides is 1. The summed E-state index contributed by atoms with van der Waals surface area (Å²) in [6.07, 6.45) is 5.56. The maximum absolute atomic E-state index is 12.5. The zero-order valence-corrected chi connectivity index (χ0v) is 14.9. The molecule has 3 aromatic rings. The Morgan fingerprint density at radius 3 is 2.38 bits per heavy atom. The van der Waals surface area contributed by atoms with Gasteiger partial charge < -0.3 is 10.1 Å². The molecule has 26 heavy (non-hydrogen) atoms. The third-order valence-corrected chi connectivity index (χ3v) is 4.27. The minimum Gasteiger partial charge on any atom is -0.497 e. The van der Waals surface area contributed by atoms with Crippen LogP contribution in [0.2, 0.25) is 0 Å². The lowest BCUT2D eigenvalue weighted by Crippen LogP contribution is -2.30. The van der Waals surface area contributed by atoms with Crippen molar-refractivity contribution in [2.45, 2.75) is 25.9 Å². The first-order valence-electron chi connectivity index (χ1n) is 8.49. The average molecular weight is 350 g/mol. The second-order valence-electron chi connectivity index (χ2n) is 6.00. The minimum absolute atomic E-state index is 0.0301. The van der Waals surface area contributed by atoms with Gasteiger partial charge >= 0.3 is 0 Å². The number of nitrogens with one attached hydrogen (secondary N) is 1. The molecule has 1 amide bonds. The van der Waals surface area contributed by atoms with Crippen molar-refractivity contribution >= 4 is 5.91 Å². The van der Waals surface area contributed by atoms with Crippen LogP contribution in [-0.4, -0.2) is 27.8 Å². The highest BCUT2D eigenvalue weighted by molar-refractivity contribution is 5.77. The van der Waals surface area contributed by atoms with Crippen molar-refractivity contribution in [3.8, 4) is 5.75 Å². The fourth-order valence-corrected chi connectivity index (χ4v) is 2.78. The van der Waals surface area contributed by atoms with E-state index in [0.29, 0.717) is 13.0 Å². The minimum atomic E-state index is -0.241. The SMILES string of the molecule is COc1ccc([C@@H](NC(=O)CCn2nccc2C)c2ccncc2)cc1. The molecular weight excluding hydrogens is 328 g/mol. The number of pyridine rings is 1. The van der Waals surface area contributed by atoms with Crippen LogP contribution in [-0.2, 0) is 11.3 Å². The van der Waals surface area contributed by atoms with Gasteiger partial charge in [-0.25, -0.2) is 0 Å². The summed E-state index contributed by atoms with van der Waals surface area (Å²) in [5, 5.41) is 7.34. The van der Waals surface area contributed by atoms with E-state index >= 15 is 0 Å². The zero-order valence-electron chi connectivity index (χ0n) is 14.9. The molecule has 0 aliphatic rings. The fraction of sp³-hybridized carbons (Fsp3) is 0.250. The van der Waals surface area contributed by atoms with Crippen LogP contribution in [0.15, 0.2) is 61.1 Å². The average Bonchev–Trinajstić information content (AvgIpc) is 3.10. The molecule has 2 aromatic heterocycles. The summed E-state index contributed by atoms with van der Waals surface area (Å²) in [5.41, 5.74) is 3.01. The van der Waals surface area contributed by atoms with Crippen LogP contribution < -0.4 is 10.1 Å². The molecule has 1 aromatic carbocycles. The van der Waals surface area contributed by atoms with Gasteiger partial charge in [-0.1, -0.05) is 12.1 Å². The molecular formula is C20H22N4O2. The number of methoxy groups -OCH3 is 1. The number of hydrogen-bond acceptors (Lipinski definition) is 4. The molecule has 0 bridgehead atoms. The van der Waals surface area contributed by atoms with Crippen LogP contribution in [0.3, 0.4) is 0 Å². The van der Waals surface area contributed by atoms with Gasteiger partial charge in [0.2, 0.25) is 5.91 Å². The molecule has 0 unspecified atom stereocenters. The normalized spacial score (nSPS) is 11.8. The van der Waals surface area contributed by atoms with Gasteiger partial charge in [0, 0.05) is 37.3 Å². The van der Waals surface area contributed by atoms with Gasteiger partial charge in [-0.15, -0.1) is 0 Å². The molecule has 1 N–H and O–H groups in total. The molecule has 0 fully saturated rings. The molecule has 1 atom stereocenters. The molecule has 134 valence electrons. The molecule has 0 radical (unpaired) electrons. The summed E-state index contributed by atoms with van der Waals surface area (Å²) >= 11 is 0. The van der Waals surface area contributed by atoms with Gasteiger partial charge in [0.15, 0.2) is 0 Å². The molecule has 0 saturated carbocycles. The summed E-state index contributed by atoms with van der Waals surface area (Å²) in [4.78, 5) is 16.6. The van der Waals surface area contributed by atoms with E-state index in [0.717, 1.165) is 22.6 Å². The van der Waals surface area contributed by atoms with Crippen molar-refractivity contribution in [2.75, 3.05) is 7.11 Å². The van der Waals surface area contributed by atoms with Crippen LogP contribution in [0.4, 0.5) is 0 Å². The van der Waals surface area contributed by atoms with E-state index in [1.54, 1.807) is 25.7 Å². The number of carbonyl (C=O) groups excluding carboxylic acids is 1. The summed E-state index contributed by atoms with van der Waals surface area (Å²) in [5.74, 6) is 0.750. The fourth-order valence-electron chi connectivity index (χ4n) is 2.78. The van der Waals surface area contributed by atoms with E-state index < -0.39 is 0 Å². The second-order valence-corrected chi connectivity index (χ2v) is 6.00. The number of aryl methyl sites for hydroxylation is 2. The molecule has 6 heteroatoms. The van der Waals surface area contributed by atoms with Crippen molar-refractivity contribution in [2.24, 2.45) is 0 Å². The Labute approximate surface area is 152 Å². The van der Waals surface area contributed by atoms with E-state index in [9.17, 15) is 4.79 Å². The number of benzene rings is 1. The standard InChI is InChI=1S/C20H22N4O2/c1-15-7-13-22-24(15)14-10-19(25)23-20(17-8-11-21-12-9-17)16-3-5-18(26-2)6-4-16/h3-9,11-13,20H,10,14H2,1-2H3,(H,23,25)/t20-/m1/s1. The largest absolute Gasteiger partial charge is 0.497 e. The summed E-state index contributed by atoms with van der Waals surface area (Å²) in [6.45, 7) is 2.53. The van der Waals surface area contributed by atoms with Crippen LogP contribution in [0.5, 0.6) is 5.75 Å². The van der Waals surface area contributed by atoms with Crippen molar-refractivity contribution in [3.63, 3.8) is 0 Å². The first kappa shape index (κ1) is 17.7. The van der Waals surface area contributed by atoms with Gasteiger partial charge in [0.1, 0.15) is 5.75 Å². The highest BCUT2D eigenvalue weighted by Crippen LogP contribution is 2.24. The third-order valence-electron chi connectivity index (χ3n) is 4.27. The predicted octanol–water partition coefficient (Wildman–Crippen LogP) is 2.89. The van der Waals surface area contributed by atoms with Gasteiger partial charge in [-0.3, -0.25) is 14.5 Å². The number of nitrogens with zero attached hydrogens (tertiary/aromatic N) is 3. The molecule has 0 aliphatic carbocycles. The lowest BCUT2D eigenvalue weighted by molar-refractivity contribution is -0.121. The summed E-state index contributed by atoms with van der Waals surface area (Å²) < 4.78 is 7.05. The van der Waals surface area contributed by atoms with Crippen LogP contribution >= 0.6 is 0 Å². The predicted molar refractivity (Wildman–Crippen MR) is 98.8 cm³/mol. The van der Waals surface area contributed by atoms with E-state index in [4.69, 9.17) is 4.74 Å². The third kappa shape index (κ3) is 4.27. The zero-order chi connectivity index (χ0) is 18.4.